The molecule has 0 fully saturated rings. The minimum Gasteiger partial charge on any atom is -0.367 e. The molecule has 0 aromatic carbocycles. The van der Waals surface area contributed by atoms with Crippen LogP contribution in [0.5, 0.6) is 0 Å². The number of hydrogen-bond donors (Lipinski definition) is 2. The average Bonchev–Trinajstić information content (AvgIpc) is 2.31. The van der Waals surface area contributed by atoms with Gasteiger partial charge in [-0.3, -0.25) is 0 Å². The molecule has 0 amide bonds. The van der Waals surface area contributed by atoms with Crippen molar-refractivity contribution in [2.45, 2.75) is 13.8 Å². The molecular weight excluding hydrogens is 160 g/mol. The fraction of sp³-hybridized carbons (Fsp3) is 0.667. The lowest BCUT2D eigenvalue weighted by molar-refractivity contribution is 0.688. The number of nitrogens with one attached hydrogen (secondary N) is 1. The molecule has 0 aliphatic carbocycles. The van der Waals surface area contributed by atoms with E-state index in [1.165, 1.54) is 11.5 Å². The fourth-order valence-corrected chi connectivity index (χ4v) is 1.10. The summed E-state index contributed by atoms with van der Waals surface area (Å²) in [6.45, 7) is 5.18. The van der Waals surface area contributed by atoms with Gasteiger partial charge in [0.2, 0.25) is 11.1 Å². The van der Waals surface area contributed by atoms with E-state index in [0.29, 0.717) is 11.9 Å². The Morgan fingerprint density at radius 2 is 2.36 bits per heavy atom. The second kappa shape index (κ2) is 3.52. The molecule has 0 aliphatic rings. The van der Waals surface area contributed by atoms with E-state index in [4.69, 9.17) is 5.73 Å². The molecule has 1 aromatic rings. The molecule has 1 heterocycles. The molecule has 0 bridgehead atoms. The Bertz CT molecular complexity index is 220. The SMILES string of the molecule is CC(C)CNc1nc(N)ns1. The van der Waals surface area contributed by atoms with Crippen LogP contribution in [0.25, 0.3) is 0 Å². The van der Waals surface area contributed by atoms with Crippen LogP contribution < -0.4 is 11.1 Å². The zero-order valence-electron chi connectivity index (χ0n) is 6.66. The molecular formula is C6H12N4S. The van der Waals surface area contributed by atoms with Crippen molar-refractivity contribution in [3.63, 3.8) is 0 Å². The summed E-state index contributed by atoms with van der Waals surface area (Å²) in [4.78, 5) is 3.96. The van der Waals surface area contributed by atoms with E-state index in [1.807, 2.05) is 0 Å². The maximum atomic E-state index is 5.33. The Morgan fingerprint density at radius 1 is 1.64 bits per heavy atom. The molecule has 4 nitrogen and oxygen atoms in total. The van der Waals surface area contributed by atoms with Crippen LogP contribution in [0.15, 0.2) is 0 Å². The zero-order chi connectivity index (χ0) is 8.27. The van der Waals surface area contributed by atoms with Crippen molar-refractivity contribution in [2.75, 3.05) is 17.6 Å². The topological polar surface area (TPSA) is 63.8 Å². The minimum atomic E-state index is 0.348. The summed E-state index contributed by atoms with van der Waals surface area (Å²) in [5.74, 6) is 0.960. The number of nitrogens with zero attached hydrogens (tertiary/aromatic N) is 2. The molecule has 0 radical (unpaired) electrons. The van der Waals surface area contributed by atoms with Crippen LogP contribution in [0.2, 0.25) is 0 Å². The van der Waals surface area contributed by atoms with Crippen LogP contribution in [0.4, 0.5) is 11.1 Å². The van der Waals surface area contributed by atoms with Gasteiger partial charge in [0.15, 0.2) is 0 Å². The van der Waals surface area contributed by atoms with Crippen LogP contribution >= 0.6 is 11.5 Å². The van der Waals surface area contributed by atoms with Crippen LogP contribution in [-0.2, 0) is 0 Å². The van der Waals surface area contributed by atoms with Crippen LogP contribution in [0.3, 0.4) is 0 Å². The van der Waals surface area contributed by atoms with Crippen LogP contribution in [-0.4, -0.2) is 15.9 Å². The number of nitrogens with two attached hydrogens (primary N) is 1. The first-order valence-electron chi connectivity index (χ1n) is 3.51. The van der Waals surface area contributed by atoms with Crippen molar-refractivity contribution in [1.29, 1.82) is 0 Å². The first-order chi connectivity index (χ1) is 5.18. The second-order valence-corrected chi connectivity index (χ2v) is 3.48. The Balaban J connectivity index is 2.39. The Kier molecular flexibility index (Phi) is 2.64. The van der Waals surface area contributed by atoms with Gasteiger partial charge in [0.05, 0.1) is 0 Å². The smallest absolute Gasteiger partial charge is 0.233 e. The predicted octanol–water partition coefficient (Wildman–Crippen LogP) is 1.19. The summed E-state index contributed by atoms with van der Waals surface area (Å²) in [5.41, 5.74) is 5.33. The molecule has 0 saturated carbocycles. The second-order valence-electron chi connectivity index (χ2n) is 2.73. The molecule has 0 unspecified atom stereocenters. The minimum absolute atomic E-state index is 0.348. The number of rotatable bonds is 3. The molecule has 62 valence electrons. The van der Waals surface area contributed by atoms with E-state index < -0.39 is 0 Å². The number of anilines is 2. The highest BCUT2D eigenvalue weighted by Crippen LogP contribution is 2.11. The molecule has 0 saturated heterocycles. The van der Waals surface area contributed by atoms with Crippen LogP contribution in [0.1, 0.15) is 13.8 Å². The van der Waals surface area contributed by atoms with Gasteiger partial charge < -0.3 is 11.1 Å². The van der Waals surface area contributed by atoms with Crippen molar-refractivity contribution in [2.24, 2.45) is 5.92 Å². The van der Waals surface area contributed by atoms with E-state index >= 15 is 0 Å². The van der Waals surface area contributed by atoms with E-state index in [2.05, 4.69) is 28.5 Å². The average molecular weight is 172 g/mol. The molecule has 5 heteroatoms. The summed E-state index contributed by atoms with van der Waals surface area (Å²) < 4.78 is 3.84. The largest absolute Gasteiger partial charge is 0.367 e. The summed E-state index contributed by atoms with van der Waals surface area (Å²) in [6.07, 6.45) is 0. The van der Waals surface area contributed by atoms with Gasteiger partial charge in [-0.15, -0.1) is 0 Å². The van der Waals surface area contributed by atoms with Gasteiger partial charge in [-0.2, -0.15) is 9.36 Å². The molecule has 0 aliphatic heterocycles. The number of nitrogen functional groups attached to an aromatic ring is 1. The van der Waals surface area contributed by atoms with E-state index in [0.717, 1.165) is 11.7 Å². The summed E-state index contributed by atoms with van der Waals surface area (Å²) in [7, 11) is 0. The first-order valence-corrected chi connectivity index (χ1v) is 4.29. The lowest BCUT2D eigenvalue weighted by Gasteiger charge is -2.03. The molecule has 0 spiro atoms. The van der Waals surface area contributed by atoms with E-state index in [9.17, 15) is 0 Å². The monoisotopic (exact) mass is 172 g/mol. The Hall–Kier alpha value is -0.840. The highest BCUT2D eigenvalue weighted by atomic mass is 32.1. The normalized spacial score (nSPS) is 10.5. The van der Waals surface area contributed by atoms with Gasteiger partial charge >= 0.3 is 0 Å². The zero-order valence-corrected chi connectivity index (χ0v) is 7.48. The molecule has 0 atom stereocenters. The van der Waals surface area contributed by atoms with Crippen molar-refractivity contribution >= 4 is 22.6 Å². The summed E-state index contributed by atoms with van der Waals surface area (Å²) in [6, 6.07) is 0. The van der Waals surface area contributed by atoms with Crippen LogP contribution in [0, 0.1) is 5.92 Å². The first kappa shape index (κ1) is 8.26. The fourth-order valence-electron chi connectivity index (χ4n) is 0.598. The molecule has 11 heavy (non-hydrogen) atoms. The third kappa shape index (κ3) is 2.71. The Morgan fingerprint density at radius 3 is 2.82 bits per heavy atom. The highest BCUT2D eigenvalue weighted by Gasteiger charge is 1.99. The van der Waals surface area contributed by atoms with Gasteiger partial charge in [0.25, 0.3) is 0 Å². The molecule has 3 N–H and O–H groups in total. The van der Waals surface area contributed by atoms with Crippen molar-refractivity contribution in [3.8, 4) is 0 Å². The predicted molar refractivity (Wildman–Crippen MR) is 47.6 cm³/mol. The van der Waals surface area contributed by atoms with E-state index in [-0.39, 0.29) is 0 Å². The van der Waals surface area contributed by atoms with Gasteiger partial charge in [-0.05, 0) is 5.92 Å². The van der Waals surface area contributed by atoms with Gasteiger partial charge in [0, 0.05) is 18.1 Å². The molecule has 1 aromatic heterocycles. The van der Waals surface area contributed by atoms with Gasteiger partial charge in [-0.25, -0.2) is 0 Å². The Labute approximate surface area is 70.0 Å². The lowest BCUT2D eigenvalue weighted by Crippen LogP contribution is -2.07. The maximum absolute atomic E-state index is 5.33. The third-order valence-electron chi connectivity index (χ3n) is 1.10. The molecule has 1 rings (SSSR count). The third-order valence-corrected chi connectivity index (χ3v) is 1.79. The number of aromatic nitrogens is 2. The number of hydrogen-bond acceptors (Lipinski definition) is 5. The van der Waals surface area contributed by atoms with Crippen molar-refractivity contribution in [3.05, 3.63) is 0 Å². The quantitative estimate of drug-likeness (QED) is 0.718. The summed E-state index contributed by atoms with van der Waals surface area (Å²) >= 11 is 1.29. The van der Waals surface area contributed by atoms with Crippen molar-refractivity contribution in [1.82, 2.24) is 9.36 Å². The lowest BCUT2D eigenvalue weighted by atomic mass is 10.2. The standard InChI is InChI=1S/C6H12N4S/c1-4(2)3-8-6-9-5(7)10-11-6/h4H,3H2,1-2H3,(H3,7,8,9,10). The maximum Gasteiger partial charge on any atom is 0.233 e. The van der Waals surface area contributed by atoms with E-state index in [1.54, 1.807) is 0 Å². The summed E-state index contributed by atoms with van der Waals surface area (Å²) in [5, 5.41) is 3.93. The van der Waals surface area contributed by atoms with Crippen molar-refractivity contribution < 1.29 is 0 Å². The van der Waals surface area contributed by atoms with Gasteiger partial charge in [-0.1, -0.05) is 13.8 Å². The van der Waals surface area contributed by atoms with Gasteiger partial charge in [0.1, 0.15) is 0 Å². The highest BCUT2D eigenvalue weighted by molar-refractivity contribution is 7.09.